The van der Waals surface area contributed by atoms with Crippen molar-refractivity contribution in [2.75, 3.05) is 13.2 Å². The summed E-state index contributed by atoms with van der Waals surface area (Å²) in [4.78, 5) is 32.8. The highest BCUT2D eigenvalue weighted by Crippen LogP contribution is 2.16. The molecule has 8 nitrogen and oxygen atoms in total. The van der Waals surface area contributed by atoms with Crippen LogP contribution in [0.25, 0.3) is 0 Å². The predicted octanol–water partition coefficient (Wildman–Crippen LogP) is -1.27. The molecule has 5 N–H and O–H groups in total. The van der Waals surface area contributed by atoms with Gasteiger partial charge < -0.3 is 26.0 Å². The molecule has 1 unspecified atom stereocenters. The van der Waals surface area contributed by atoms with Crippen LogP contribution in [0.5, 0.6) is 5.75 Å². The number of aliphatic carboxylic acids is 1. The number of hydrogen-bond acceptors (Lipinski definition) is 5. The van der Waals surface area contributed by atoms with Gasteiger partial charge in [-0.05, 0) is 12.1 Å². The van der Waals surface area contributed by atoms with Gasteiger partial charge in [-0.3, -0.25) is 9.59 Å². The van der Waals surface area contributed by atoms with Crippen LogP contribution in [0.1, 0.15) is 10.4 Å². The zero-order valence-electron chi connectivity index (χ0n) is 10.4. The molecule has 0 aliphatic heterocycles. The third kappa shape index (κ3) is 4.58. The molecule has 0 fully saturated rings. The lowest BCUT2D eigenvalue weighted by atomic mass is 10.2. The summed E-state index contributed by atoms with van der Waals surface area (Å²) in [6.07, 6.45) is -1.68. The van der Waals surface area contributed by atoms with E-state index in [4.69, 9.17) is 20.7 Å². The van der Waals surface area contributed by atoms with Crippen LogP contribution >= 0.6 is 0 Å². The standard InChI is InChI=1S/C12H14N2O6/c13-11(17)7-3-1-2-4-9(7)20-6-10(16)14-5-8(15)12(18)19/h1-4,8,15H,5-6H2,(H2,13,17)(H,14,16)(H,18,19). The molecule has 0 spiro atoms. The largest absolute Gasteiger partial charge is 0.483 e. The monoisotopic (exact) mass is 282 g/mol. The zero-order valence-corrected chi connectivity index (χ0v) is 10.4. The Bertz CT molecular complexity index is 516. The Labute approximate surface area is 114 Å². The first-order valence-corrected chi connectivity index (χ1v) is 5.61. The fraction of sp³-hybridized carbons (Fsp3) is 0.250. The van der Waals surface area contributed by atoms with E-state index in [1.54, 1.807) is 12.1 Å². The molecule has 0 heterocycles. The first-order chi connectivity index (χ1) is 9.41. The third-order valence-electron chi connectivity index (χ3n) is 2.29. The van der Waals surface area contributed by atoms with Crippen LogP contribution in [0.3, 0.4) is 0 Å². The number of rotatable bonds is 7. The van der Waals surface area contributed by atoms with Gasteiger partial charge in [0.05, 0.1) is 12.1 Å². The van der Waals surface area contributed by atoms with Crippen molar-refractivity contribution in [1.29, 1.82) is 0 Å². The van der Waals surface area contributed by atoms with Crippen molar-refractivity contribution < 1.29 is 29.3 Å². The van der Waals surface area contributed by atoms with Crippen molar-refractivity contribution in [3.63, 3.8) is 0 Å². The Hall–Kier alpha value is -2.61. The van der Waals surface area contributed by atoms with Gasteiger partial charge in [0, 0.05) is 0 Å². The zero-order chi connectivity index (χ0) is 15.1. The Morgan fingerprint density at radius 1 is 1.30 bits per heavy atom. The Morgan fingerprint density at radius 3 is 2.55 bits per heavy atom. The first kappa shape index (κ1) is 15.4. The van der Waals surface area contributed by atoms with Gasteiger partial charge >= 0.3 is 5.97 Å². The molecule has 0 saturated heterocycles. The molecule has 2 amide bonds. The number of primary amides is 1. The normalized spacial score (nSPS) is 11.4. The second kappa shape index (κ2) is 7.10. The number of carboxylic acid groups (broad SMARTS) is 1. The van der Waals surface area contributed by atoms with Crippen LogP contribution < -0.4 is 15.8 Å². The lowest BCUT2D eigenvalue weighted by molar-refractivity contribution is -0.146. The first-order valence-electron chi connectivity index (χ1n) is 5.61. The molecule has 1 atom stereocenters. The highest BCUT2D eigenvalue weighted by molar-refractivity contribution is 5.95. The molecular weight excluding hydrogens is 268 g/mol. The lowest BCUT2D eigenvalue weighted by Gasteiger charge is -2.10. The number of amides is 2. The summed E-state index contributed by atoms with van der Waals surface area (Å²) in [5.74, 6) is -2.62. The lowest BCUT2D eigenvalue weighted by Crippen LogP contribution is -2.38. The van der Waals surface area contributed by atoms with Crippen molar-refractivity contribution in [2.45, 2.75) is 6.10 Å². The van der Waals surface area contributed by atoms with E-state index in [0.717, 1.165) is 0 Å². The van der Waals surface area contributed by atoms with E-state index in [-0.39, 0.29) is 11.3 Å². The minimum Gasteiger partial charge on any atom is -0.483 e. The van der Waals surface area contributed by atoms with E-state index < -0.39 is 37.0 Å². The average molecular weight is 282 g/mol. The molecule has 108 valence electrons. The van der Waals surface area contributed by atoms with Crippen molar-refractivity contribution in [1.82, 2.24) is 5.32 Å². The van der Waals surface area contributed by atoms with Crippen LogP contribution in [0.15, 0.2) is 24.3 Å². The molecule has 0 bridgehead atoms. The SMILES string of the molecule is NC(=O)c1ccccc1OCC(=O)NCC(O)C(=O)O. The highest BCUT2D eigenvalue weighted by atomic mass is 16.5. The molecule has 0 aliphatic carbocycles. The number of para-hydroxylation sites is 1. The number of aliphatic hydroxyl groups is 1. The van der Waals surface area contributed by atoms with Gasteiger partial charge in [0.15, 0.2) is 12.7 Å². The van der Waals surface area contributed by atoms with E-state index in [1.165, 1.54) is 12.1 Å². The van der Waals surface area contributed by atoms with Gasteiger partial charge in [-0.15, -0.1) is 0 Å². The topological polar surface area (TPSA) is 139 Å². The summed E-state index contributed by atoms with van der Waals surface area (Å²) in [5, 5.41) is 19.5. The van der Waals surface area contributed by atoms with E-state index in [9.17, 15) is 14.4 Å². The minimum atomic E-state index is -1.68. The van der Waals surface area contributed by atoms with Gasteiger partial charge in [-0.1, -0.05) is 12.1 Å². The van der Waals surface area contributed by atoms with Crippen molar-refractivity contribution in [3.05, 3.63) is 29.8 Å². The average Bonchev–Trinajstić information content (AvgIpc) is 2.42. The Kier molecular flexibility index (Phi) is 5.48. The van der Waals surface area contributed by atoms with Crippen molar-refractivity contribution in [3.8, 4) is 5.75 Å². The molecule has 1 aromatic carbocycles. The maximum atomic E-state index is 11.4. The number of carbonyl (C=O) groups excluding carboxylic acids is 2. The van der Waals surface area contributed by atoms with Crippen LogP contribution in [-0.4, -0.2) is 47.3 Å². The fourth-order valence-corrected chi connectivity index (χ4v) is 1.29. The predicted molar refractivity (Wildman–Crippen MR) is 67.1 cm³/mol. The second-order valence-corrected chi connectivity index (χ2v) is 3.81. The smallest absolute Gasteiger partial charge is 0.334 e. The number of aliphatic hydroxyl groups excluding tert-OH is 1. The second-order valence-electron chi connectivity index (χ2n) is 3.81. The number of hydrogen-bond donors (Lipinski definition) is 4. The third-order valence-corrected chi connectivity index (χ3v) is 2.29. The molecule has 0 saturated carbocycles. The number of carbonyl (C=O) groups is 3. The summed E-state index contributed by atoms with van der Waals surface area (Å²) in [7, 11) is 0. The highest BCUT2D eigenvalue weighted by Gasteiger charge is 2.15. The van der Waals surface area contributed by atoms with Crippen molar-refractivity contribution >= 4 is 17.8 Å². The molecule has 1 rings (SSSR count). The quantitative estimate of drug-likeness (QED) is 0.491. The number of carboxylic acids is 1. The summed E-state index contributed by atoms with van der Waals surface area (Å²) in [5.41, 5.74) is 5.27. The number of ether oxygens (including phenoxy) is 1. The van der Waals surface area contributed by atoms with Gasteiger partial charge in [-0.2, -0.15) is 0 Å². The maximum Gasteiger partial charge on any atom is 0.334 e. The summed E-state index contributed by atoms with van der Waals surface area (Å²) in [6.45, 7) is -0.869. The van der Waals surface area contributed by atoms with Crippen LogP contribution in [0, 0.1) is 0 Å². The minimum absolute atomic E-state index is 0.130. The summed E-state index contributed by atoms with van der Waals surface area (Å²) in [6, 6.07) is 6.12. The molecule has 20 heavy (non-hydrogen) atoms. The summed E-state index contributed by atoms with van der Waals surface area (Å²) >= 11 is 0. The van der Waals surface area contributed by atoms with Crippen molar-refractivity contribution in [2.24, 2.45) is 5.73 Å². The van der Waals surface area contributed by atoms with E-state index in [2.05, 4.69) is 5.32 Å². The molecule has 8 heteroatoms. The van der Waals surface area contributed by atoms with E-state index in [0.29, 0.717) is 0 Å². The van der Waals surface area contributed by atoms with Crippen LogP contribution in [0.2, 0.25) is 0 Å². The van der Waals surface area contributed by atoms with Crippen LogP contribution in [-0.2, 0) is 9.59 Å². The number of nitrogens with two attached hydrogens (primary N) is 1. The molecular formula is C12H14N2O6. The van der Waals surface area contributed by atoms with E-state index >= 15 is 0 Å². The Balaban J connectivity index is 2.49. The molecule has 0 aromatic heterocycles. The fourth-order valence-electron chi connectivity index (χ4n) is 1.29. The van der Waals surface area contributed by atoms with Gasteiger partial charge in [-0.25, -0.2) is 4.79 Å². The maximum absolute atomic E-state index is 11.4. The van der Waals surface area contributed by atoms with E-state index in [1.807, 2.05) is 0 Å². The molecule has 1 aromatic rings. The van der Waals surface area contributed by atoms with Crippen LogP contribution in [0.4, 0.5) is 0 Å². The van der Waals surface area contributed by atoms with Gasteiger partial charge in [0.1, 0.15) is 5.75 Å². The van der Waals surface area contributed by atoms with Gasteiger partial charge in [0.2, 0.25) is 0 Å². The number of nitrogens with one attached hydrogen (secondary N) is 1. The molecule has 0 radical (unpaired) electrons. The Morgan fingerprint density at radius 2 is 1.95 bits per heavy atom. The van der Waals surface area contributed by atoms with Gasteiger partial charge in [0.25, 0.3) is 11.8 Å². The molecule has 0 aliphatic rings. The summed E-state index contributed by atoms with van der Waals surface area (Å²) < 4.78 is 5.11. The number of benzene rings is 1.